The third-order valence-electron chi connectivity index (χ3n) is 5.94. The van der Waals surface area contributed by atoms with Crippen molar-refractivity contribution in [2.45, 2.75) is 26.8 Å². The lowest BCUT2D eigenvalue weighted by Gasteiger charge is -2.32. The van der Waals surface area contributed by atoms with Crippen molar-refractivity contribution in [2.75, 3.05) is 42.8 Å². The van der Waals surface area contributed by atoms with Crippen molar-refractivity contribution in [1.29, 1.82) is 0 Å². The van der Waals surface area contributed by atoms with E-state index < -0.39 is 29.7 Å². The molecule has 0 unspecified atom stereocenters. The summed E-state index contributed by atoms with van der Waals surface area (Å²) in [5.41, 5.74) is 14.5. The molecule has 0 radical (unpaired) electrons. The highest BCUT2D eigenvalue weighted by atomic mass is 32.1. The van der Waals surface area contributed by atoms with E-state index in [-0.39, 0.29) is 29.4 Å². The summed E-state index contributed by atoms with van der Waals surface area (Å²) in [5, 5.41) is 2.60. The minimum Gasteiger partial charge on any atom is -0.465 e. The SMILES string of the molecule is CCOC(=O)CNC(=O)[C@H](c1ccc(N(C)C)cc1)N(C(=O)c1snc(C(N)=O)c1N)c1cc(C)ccc1C. The number of nitrogens with zero attached hydrogens (tertiary/aromatic N) is 3. The first-order valence-electron chi connectivity index (χ1n) is 12.1. The van der Waals surface area contributed by atoms with Crippen LogP contribution in [-0.2, 0) is 14.3 Å². The Morgan fingerprint density at radius 1 is 1.08 bits per heavy atom. The van der Waals surface area contributed by atoms with Gasteiger partial charge in [-0.3, -0.25) is 24.1 Å². The average Bonchev–Trinajstić information content (AvgIpc) is 3.29. The lowest BCUT2D eigenvalue weighted by atomic mass is 10.00. The van der Waals surface area contributed by atoms with Gasteiger partial charge in [0, 0.05) is 25.5 Å². The maximum Gasteiger partial charge on any atom is 0.325 e. The summed E-state index contributed by atoms with van der Waals surface area (Å²) < 4.78 is 8.92. The number of nitrogen functional groups attached to an aromatic ring is 1. The second-order valence-electron chi connectivity index (χ2n) is 9.01. The number of aromatic nitrogens is 1. The van der Waals surface area contributed by atoms with Crippen molar-refractivity contribution in [1.82, 2.24) is 9.69 Å². The lowest BCUT2D eigenvalue weighted by molar-refractivity contribution is -0.143. The quantitative estimate of drug-likeness (QED) is 0.323. The fourth-order valence-corrected chi connectivity index (χ4v) is 4.67. The van der Waals surface area contributed by atoms with Gasteiger partial charge < -0.3 is 26.4 Å². The summed E-state index contributed by atoms with van der Waals surface area (Å²) in [5.74, 6) is -2.76. The number of ether oxygens (including phenoxy) is 1. The second kappa shape index (κ2) is 12.4. The van der Waals surface area contributed by atoms with Crippen LogP contribution in [0.2, 0.25) is 0 Å². The largest absolute Gasteiger partial charge is 0.465 e. The molecule has 0 aliphatic rings. The Balaban J connectivity index is 2.22. The molecule has 1 heterocycles. The van der Waals surface area contributed by atoms with Crippen LogP contribution >= 0.6 is 11.5 Å². The number of esters is 1. The Bertz CT molecular complexity index is 1390. The molecule has 0 aliphatic carbocycles. The molecule has 5 N–H and O–H groups in total. The van der Waals surface area contributed by atoms with E-state index in [0.717, 1.165) is 22.8 Å². The summed E-state index contributed by atoms with van der Waals surface area (Å²) in [6.45, 7) is 5.10. The molecule has 3 aromatic rings. The second-order valence-corrected chi connectivity index (χ2v) is 9.79. The maximum atomic E-state index is 14.2. The molecule has 0 bridgehead atoms. The summed E-state index contributed by atoms with van der Waals surface area (Å²) in [4.78, 5) is 55.0. The molecule has 0 saturated heterocycles. The Morgan fingerprint density at radius 3 is 2.31 bits per heavy atom. The van der Waals surface area contributed by atoms with Crippen LogP contribution in [0.25, 0.3) is 0 Å². The predicted octanol–water partition coefficient (Wildman–Crippen LogP) is 2.57. The number of hydrogen-bond donors (Lipinski definition) is 3. The molecule has 1 atom stereocenters. The Morgan fingerprint density at radius 2 is 1.74 bits per heavy atom. The molecule has 0 aliphatic heterocycles. The minimum absolute atomic E-state index is 0.0437. The zero-order valence-corrected chi connectivity index (χ0v) is 23.3. The van der Waals surface area contributed by atoms with E-state index in [1.807, 2.05) is 57.1 Å². The van der Waals surface area contributed by atoms with E-state index in [0.29, 0.717) is 16.8 Å². The summed E-state index contributed by atoms with van der Waals surface area (Å²) >= 11 is 0.722. The van der Waals surface area contributed by atoms with Gasteiger partial charge in [0.25, 0.3) is 11.8 Å². The molecular formula is C27H32N6O5S. The van der Waals surface area contributed by atoms with Gasteiger partial charge in [0.05, 0.1) is 12.3 Å². The molecular weight excluding hydrogens is 520 g/mol. The normalized spacial score (nSPS) is 11.4. The van der Waals surface area contributed by atoms with Gasteiger partial charge in [0.1, 0.15) is 17.5 Å². The van der Waals surface area contributed by atoms with Crippen molar-refractivity contribution in [3.8, 4) is 0 Å². The summed E-state index contributed by atoms with van der Waals surface area (Å²) in [6, 6.07) is 11.4. The van der Waals surface area contributed by atoms with Gasteiger partial charge in [-0.2, -0.15) is 4.37 Å². The number of aryl methyl sites for hydroxylation is 2. The number of nitrogens with two attached hydrogens (primary N) is 2. The standard InChI is InChI=1S/C27H32N6O5S/c1-6-38-20(34)14-30-26(36)23(17-9-11-18(12-10-17)32(4)5)33(19-13-15(2)7-8-16(19)3)27(37)24-21(28)22(25(29)35)31-39-24/h7-13,23H,6,14,28H2,1-5H3,(H2,29,35)(H,30,36)/t23-/m0/s1. The minimum atomic E-state index is -1.22. The van der Waals surface area contributed by atoms with Gasteiger partial charge in [-0.25, -0.2) is 0 Å². The fraction of sp³-hybridized carbons (Fsp3) is 0.296. The Kier molecular flexibility index (Phi) is 9.25. The van der Waals surface area contributed by atoms with Crippen molar-refractivity contribution < 1.29 is 23.9 Å². The van der Waals surface area contributed by atoms with Crippen molar-refractivity contribution in [2.24, 2.45) is 5.73 Å². The number of anilines is 3. The molecule has 0 spiro atoms. The molecule has 2 aromatic carbocycles. The number of benzene rings is 2. The molecule has 12 heteroatoms. The maximum absolute atomic E-state index is 14.2. The van der Waals surface area contributed by atoms with Crippen LogP contribution in [0.3, 0.4) is 0 Å². The lowest BCUT2D eigenvalue weighted by Crippen LogP contribution is -2.45. The first kappa shape index (κ1) is 29.1. The molecule has 206 valence electrons. The number of primary amides is 1. The van der Waals surface area contributed by atoms with Crippen LogP contribution in [0.5, 0.6) is 0 Å². The first-order chi connectivity index (χ1) is 18.5. The highest BCUT2D eigenvalue weighted by molar-refractivity contribution is 7.09. The number of carbonyl (C=O) groups excluding carboxylic acids is 4. The van der Waals surface area contributed by atoms with Crippen LogP contribution < -0.4 is 26.6 Å². The third-order valence-corrected chi connectivity index (χ3v) is 6.79. The van der Waals surface area contributed by atoms with E-state index >= 15 is 0 Å². The fourth-order valence-electron chi connectivity index (χ4n) is 3.92. The highest BCUT2D eigenvalue weighted by Gasteiger charge is 2.37. The van der Waals surface area contributed by atoms with Crippen molar-refractivity contribution in [3.63, 3.8) is 0 Å². The first-order valence-corrected chi connectivity index (χ1v) is 12.9. The number of nitrogens with one attached hydrogen (secondary N) is 1. The van der Waals surface area contributed by atoms with Crippen molar-refractivity contribution in [3.05, 3.63) is 69.7 Å². The zero-order valence-electron chi connectivity index (χ0n) is 22.5. The molecule has 3 amide bonds. The van der Waals surface area contributed by atoms with Crippen LogP contribution in [0.4, 0.5) is 17.1 Å². The van der Waals surface area contributed by atoms with Gasteiger partial charge in [-0.1, -0.05) is 24.3 Å². The van der Waals surface area contributed by atoms with Gasteiger partial charge in [-0.05, 0) is 67.2 Å². The highest BCUT2D eigenvalue weighted by Crippen LogP contribution is 2.35. The van der Waals surface area contributed by atoms with Crippen LogP contribution in [0.15, 0.2) is 42.5 Å². The van der Waals surface area contributed by atoms with Gasteiger partial charge in [-0.15, -0.1) is 0 Å². The van der Waals surface area contributed by atoms with E-state index in [9.17, 15) is 19.2 Å². The molecule has 1 aromatic heterocycles. The van der Waals surface area contributed by atoms with Gasteiger partial charge in [0.15, 0.2) is 5.69 Å². The van der Waals surface area contributed by atoms with Crippen LogP contribution in [0.1, 0.15) is 49.8 Å². The molecule has 39 heavy (non-hydrogen) atoms. The van der Waals surface area contributed by atoms with Crippen LogP contribution in [0, 0.1) is 13.8 Å². The molecule has 0 saturated carbocycles. The molecule has 3 rings (SSSR count). The number of hydrogen-bond acceptors (Lipinski definition) is 9. The number of rotatable bonds is 10. The average molecular weight is 553 g/mol. The number of carbonyl (C=O) groups is 4. The van der Waals surface area contributed by atoms with Crippen LogP contribution in [-0.4, -0.2) is 55.3 Å². The summed E-state index contributed by atoms with van der Waals surface area (Å²) in [6.07, 6.45) is 0. The smallest absolute Gasteiger partial charge is 0.325 e. The zero-order chi connectivity index (χ0) is 28.9. The topological polar surface area (TPSA) is 161 Å². The third kappa shape index (κ3) is 6.52. The van der Waals surface area contributed by atoms with E-state index in [2.05, 4.69) is 9.69 Å². The van der Waals surface area contributed by atoms with Gasteiger partial charge in [0.2, 0.25) is 5.91 Å². The van der Waals surface area contributed by atoms with Gasteiger partial charge >= 0.3 is 5.97 Å². The number of amides is 3. The Hall–Kier alpha value is -4.45. The predicted molar refractivity (Wildman–Crippen MR) is 151 cm³/mol. The molecule has 11 nitrogen and oxygen atoms in total. The van der Waals surface area contributed by atoms with E-state index in [1.165, 1.54) is 4.90 Å². The molecule has 0 fully saturated rings. The summed E-state index contributed by atoms with van der Waals surface area (Å²) in [7, 11) is 3.76. The van der Waals surface area contributed by atoms with Crippen molar-refractivity contribution >= 4 is 52.3 Å². The van der Waals surface area contributed by atoms with E-state index in [1.54, 1.807) is 25.1 Å². The monoisotopic (exact) mass is 552 g/mol. The Labute approximate surface area is 230 Å². The van der Waals surface area contributed by atoms with E-state index in [4.69, 9.17) is 16.2 Å².